The summed E-state index contributed by atoms with van der Waals surface area (Å²) in [6.07, 6.45) is 12.2. The van der Waals surface area contributed by atoms with Crippen LogP contribution in [0.4, 0.5) is 0 Å². The van der Waals surface area contributed by atoms with Crippen LogP contribution in [0, 0.1) is 11.8 Å². The molecule has 2 unspecified atom stereocenters. The summed E-state index contributed by atoms with van der Waals surface area (Å²) >= 11 is 0. The molecule has 0 aliphatic carbocycles. The lowest BCUT2D eigenvalue weighted by atomic mass is 9.29. The Morgan fingerprint density at radius 2 is 1.12 bits per heavy atom. The number of hydrogen-bond acceptors (Lipinski definition) is 2. The van der Waals surface area contributed by atoms with Crippen LogP contribution in [0.3, 0.4) is 0 Å². The molecule has 0 aromatic rings. The zero-order valence-electron chi connectivity index (χ0n) is 18.3. The zero-order chi connectivity index (χ0) is 19.2. The van der Waals surface area contributed by atoms with E-state index in [-0.39, 0.29) is 5.97 Å². The number of rotatable bonds is 15. The second kappa shape index (κ2) is 14.7. The van der Waals surface area contributed by atoms with Gasteiger partial charge in [-0.15, -0.1) is 0 Å². The molecule has 148 valence electrons. The molecule has 0 saturated heterocycles. The maximum absolute atomic E-state index is 11.0. The van der Waals surface area contributed by atoms with Crippen LogP contribution in [-0.2, 0) is 9.53 Å². The number of methoxy groups -OCH3 is 1. The maximum atomic E-state index is 11.0. The van der Waals surface area contributed by atoms with Gasteiger partial charge in [0, 0.05) is 6.42 Å². The van der Waals surface area contributed by atoms with E-state index in [1.54, 1.807) is 0 Å². The molecule has 0 aromatic heterocycles. The van der Waals surface area contributed by atoms with Gasteiger partial charge >= 0.3 is 5.97 Å². The van der Waals surface area contributed by atoms with E-state index >= 15 is 0 Å². The lowest BCUT2D eigenvalue weighted by molar-refractivity contribution is -0.140. The first-order valence-corrected chi connectivity index (χ1v) is 10.9. The van der Waals surface area contributed by atoms with E-state index in [1.807, 2.05) is 0 Å². The van der Waals surface area contributed by atoms with Crippen molar-refractivity contribution in [1.29, 1.82) is 0 Å². The van der Waals surface area contributed by atoms with Crippen molar-refractivity contribution < 1.29 is 9.53 Å². The first-order chi connectivity index (χ1) is 11.8. The molecule has 0 fully saturated rings. The van der Waals surface area contributed by atoms with Crippen LogP contribution in [0.5, 0.6) is 0 Å². The molecule has 0 radical (unpaired) electrons. The van der Waals surface area contributed by atoms with Crippen LogP contribution < -0.4 is 0 Å². The molecule has 0 aliphatic rings. The Bertz CT molecular complexity index is 314. The molecule has 0 rings (SSSR count). The van der Waals surface area contributed by atoms with Crippen LogP contribution in [0.25, 0.3) is 0 Å². The lowest BCUT2D eigenvalue weighted by Crippen LogP contribution is -2.29. The highest BCUT2D eigenvalue weighted by molar-refractivity contribution is 6.62. The summed E-state index contributed by atoms with van der Waals surface area (Å²) in [4.78, 5) is 11.0. The van der Waals surface area contributed by atoms with Crippen molar-refractivity contribution in [2.75, 3.05) is 7.11 Å². The third-order valence-corrected chi connectivity index (χ3v) is 6.35. The summed E-state index contributed by atoms with van der Waals surface area (Å²) in [5, 5.41) is 0. The van der Waals surface area contributed by atoms with Gasteiger partial charge in [0.15, 0.2) is 0 Å². The summed E-state index contributed by atoms with van der Waals surface area (Å²) in [6, 6.07) is 0. The summed E-state index contributed by atoms with van der Waals surface area (Å²) in [7, 11) is 1.47. The van der Waals surface area contributed by atoms with Crippen LogP contribution in [0.2, 0.25) is 18.0 Å². The van der Waals surface area contributed by atoms with Crippen LogP contribution in [0.15, 0.2) is 0 Å². The highest BCUT2D eigenvalue weighted by atomic mass is 16.5. The molecule has 0 heterocycles. The number of hydrogen-bond donors (Lipinski definition) is 0. The zero-order valence-corrected chi connectivity index (χ0v) is 18.3. The summed E-state index contributed by atoms with van der Waals surface area (Å²) < 4.78 is 4.67. The number of carbonyl (C=O) groups is 1. The molecular formula is C22H45BO2. The monoisotopic (exact) mass is 352 g/mol. The molecule has 0 amide bonds. The second-order valence-electron chi connectivity index (χ2n) is 8.81. The van der Waals surface area contributed by atoms with Gasteiger partial charge in [-0.3, -0.25) is 4.79 Å². The highest BCUT2D eigenvalue weighted by Crippen LogP contribution is 2.35. The van der Waals surface area contributed by atoms with Crippen LogP contribution >= 0.6 is 0 Å². The fourth-order valence-corrected chi connectivity index (χ4v) is 3.81. The molecule has 0 saturated carbocycles. The van der Waals surface area contributed by atoms with Gasteiger partial charge in [-0.05, 0) is 6.42 Å². The number of carbonyl (C=O) groups excluding carboxylic acids is 1. The third kappa shape index (κ3) is 11.7. The number of ether oxygens (including phenoxy) is 1. The summed E-state index contributed by atoms with van der Waals surface area (Å²) in [5.41, 5.74) is 0. The standard InChI is InChI=1S/C22H45BO2/c1-18(2)20(5)23(21(6)19(3)4)17-15-13-11-9-8-10-12-14-16-22(24)25-7/h18-21H,8-17H2,1-7H3. The molecule has 0 aromatic carbocycles. The Morgan fingerprint density at radius 1 is 0.720 bits per heavy atom. The Morgan fingerprint density at radius 3 is 1.52 bits per heavy atom. The molecule has 2 nitrogen and oxygen atoms in total. The van der Waals surface area contributed by atoms with Crippen molar-refractivity contribution in [3.8, 4) is 0 Å². The molecule has 2 atom stereocenters. The Labute approximate surface area is 159 Å². The highest BCUT2D eigenvalue weighted by Gasteiger charge is 2.30. The minimum atomic E-state index is -0.0687. The van der Waals surface area contributed by atoms with E-state index in [0.717, 1.165) is 43.0 Å². The van der Waals surface area contributed by atoms with Gasteiger partial charge in [-0.25, -0.2) is 0 Å². The van der Waals surface area contributed by atoms with Crippen molar-refractivity contribution in [1.82, 2.24) is 0 Å². The predicted octanol–water partition coefficient (Wildman–Crippen LogP) is 7.26. The SMILES string of the molecule is COC(=O)CCCCCCCCCCB(C(C)C(C)C)C(C)C(C)C. The van der Waals surface area contributed by atoms with Crippen molar-refractivity contribution in [2.24, 2.45) is 11.8 Å². The number of unbranched alkanes of at least 4 members (excludes halogenated alkanes) is 7. The topological polar surface area (TPSA) is 26.3 Å². The molecular weight excluding hydrogens is 307 g/mol. The van der Waals surface area contributed by atoms with Gasteiger partial charge in [0.2, 0.25) is 0 Å². The average molecular weight is 352 g/mol. The van der Waals surface area contributed by atoms with Crippen LogP contribution in [0.1, 0.15) is 99.3 Å². The van der Waals surface area contributed by atoms with E-state index in [2.05, 4.69) is 46.3 Å². The Kier molecular flexibility index (Phi) is 14.4. The van der Waals surface area contributed by atoms with Gasteiger partial charge < -0.3 is 4.74 Å². The van der Waals surface area contributed by atoms with E-state index < -0.39 is 0 Å². The predicted molar refractivity (Wildman–Crippen MR) is 113 cm³/mol. The molecule has 0 aliphatic heterocycles. The van der Waals surface area contributed by atoms with Crippen LogP contribution in [-0.4, -0.2) is 19.8 Å². The smallest absolute Gasteiger partial charge is 0.305 e. The van der Waals surface area contributed by atoms with Gasteiger partial charge in [0.05, 0.1) is 7.11 Å². The van der Waals surface area contributed by atoms with E-state index in [1.165, 1.54) is 52.0 Å². The average Bonchev–Trinajstić information content (AvgIpc) is 2.58. The van der Waals surface area contributed by atoms with Crippen molar-refractivity contribution in [2.45, 2.75) is 117 Å². The molecule has 3 heteroatoms. The normalized spacial score (nSPS) is 14.0. The molecule has 0 bridgehead atoms. The Balaban J connectivity index is 3.80. The summed E-state index contributed by atoms with van der Waals surface area (Å²) in [6.45, 7) is 15.3. The summed E-state index contributed by atoms with van der Waals surface area (Å²) in [5.74, 6) is 3.16. The number of esters is 1. The van der Waals surface area contributed by atoms with Gasteiger partial charge in [0.25, 0.3) is 0 Å². The molecule has 0 spiro atoms. The first kappa shape index (κ1) is 24.5. The van der Waals surface area contributed by atoms with Crippen molar-refractivity contribution in [3.05, 3.63) is 0 Å². The van der Waals surface area contributed by atoms with E-state index in [9.17, 15) is 4.79 Å². The van der Waals surface area contributed by atoms with Gasteiger partial charge in [-0.1, -0.05) is 116 Å². The lowest BCUT2D eigenvalue weighted by Gasteiger charge is -2.31. The van der Waals surface area contributed by atoms with Gasteiger partial charge in [-0.2, -0.15) is 0 Å². The quantitative estimate of drug-likeness (QED) is 0.176. The van der Waals surface area contributed by atoms with E-state index in [4.69, 9.17) is 0 Å². The van der Waals surface area contributed by atoms with Crippen molar-refractivity contribution in [3.63, 3.8) is 0 Å². The fraction of sp³-hybridized carbons (Fsp3) is 0.955. The van der Waals surface area contributed by atoms with Gasteiger partial charge in [0.1, 0.15) is 6.71 Å². The fourth-order valence-electron chi connectivity index (χ4n) is 3.81. The van der Waals surface area contributed by atoms with E-state index in [0.29, 0.717) is 6.42 Å². The minimum absolute atomic E-state index is 0.0687. The molecule has 25 heavy (non-hydrogen) atoms. The molecule has 0 N–H and O–H groups in total. The largest absolute Gasteiger partial charge is 0.469 e. The second-order valence-corrected chi connectivity index (χ2v) is 8.81. The van der Waals surface area contributed by atoms with Crippen molar-refractivity contribution >= 4 is 12.7 Å². The Hall–Kier alpha value is -0.465. The maximum Gasteiger partial charge on any atom is 0.305 e. The first-order valence-electron chi connectivity index (χ1n) is 10.9. The third-order valence-electron chi connectivity index (χ3n) is 6.35. The minimum Gasteiger partial charge on any atom is -0.469 e.